The first-order valence-corrected chi connectivity index (χ1v) is 12.1. The summed E-state index contributed by atoms with van der Waals surface area (Å²) in [4.78, 5) is 8.77. The third-order valence-electron chi connectivity index (χ3n) is 6.17. The first-order chi connectivity index (χ1) is 17.8. The van der Waals surface area contributed by atoms with Crippen molar-refractivity contribution in [2.75, 3.05) is 14.2 Å². The minimum Gasteiger partial charge on any atom is -0.493 e. The van der Waals surface area contributed by atoms with E-state index in [1.165, 1.54) is 11.9 Å². The highest BCUT2D eigenvalue weighted by Gasteiger charge is 2.22. The van der Waals surface area contributed by atoms with Crippen molar-refractivity contribution in [3.8, 4) is 40.1 Å². The fourth-order valence-corrected chi connectivity index (χ4v) is 4.18. The van der Waals surface area contributed by atoms with Gasteiger partial charge in [-0.25, -0.2) is 14.6 Å². The van der Waals surface area contributed by atoms with E-state index in [-0.39, 0.29) is 5.41 Å². The molecular formula is C30H30N4O3. The van der Waals surface area contributed by atoms with E-state index < -0.39 is 0 Å². The van der Waals surface area contributed by atoms with Crippen molar-refractivity contribution in [3.63, 3.8) is 0 Å². The second-order valence-electron chi connectivity index (χ2n) is 9.95. The van der Waals surface area contributed by atoms with Crippen molar-refractivity contribution in [2.45, 2.75) is 33.1 Å². The summed E-state index contributed by atoms with van der Waals surface area (Å²) in [5.41, 5.74) is 5.78. The molecule has 0 aliphatic carbocycles. The smallest absolute Gasteiger partial charge is 0.230 e. The molecule has 0 saturated heterocycles. The van der Waals surface area contributed by atoms with Crippen LogP contribution in [0.2, 0.25) is 0 Å². The van der Waals surface area contributed by atoms with Gasteiger partial charge in [0.1, 0.15) is 12.1 Å². The normalized spacial score (nSPS) is 11.5. The lowest BCUT2D eigenvalue weighted by Crippen LogP contribution is -2.12. The summed E-state index contributed by atoms with van der Waals surface area (Å²) in [6.45, 7) is 8.59. The number of aryl methyl sites for hydroxylation is 1. The number of benzene rings is 3. The Labute approximate surface area is 216 Å². The highest BCUT2D eigenvalue weighted by Crippen LogP contribution is 2.37. The van der Waals surface area contributed by atoms with E-state index >= 15 is 0 Å². The molecule has 0 aliphatic rings. The quantitative estimate of drug-likeness (QED) is 0.256. The Balaban J connectivity index is 1.58. The molecule has 0 fully saturated rings. The Bertz CT molecular complexity index is 1580. The fraction of sp³-hybridized carbons (Fsp3) is 0.233. The Hall–Kier alpha value is -4.39. The van der Waals surface area contributed by atoms with Crippen molar-refractivity contribution in [1.29, 1.82) is 0 Å². The molecule has 0 spiro atoms. The van der Waals surface area contributed by atoms with Crippen LogP contribution >= 0.6 is 0 Å². The lowest BCUT2D eigenvalue weighted by Gasteiger charge is -2.14. The van der Waals surface area contributed by atoms with Gasteiger partial charge in [-0.05, 0) is 48.9 Å². The molecule has 0 saturated carbocycles. The third kappa shape index (κ3) is 4.85. The SMILES string of the molecule is COc1cc2ncnc(Oc3cccc(-c4cc(C(C)(C)C)nn4-c4cccc(C)c4)c3)c2cc1OC. The predicted octanol–water partition coefficient (Wildman–Crippen LogP) is 6.90. The van der Waals surface area contributed by atoms with Crippen LogP contribution in [0.15, 0.2) is 73.1 Å². The number of methoxy groups -OCH3 is 2. The molecule has 5 aromatic rings. The largest absolute Gasteiger partial charge is 0.493 e. The molecule has 7 nitrogen and oxygen atoms in total. The van der Waals surface area contributed by atoms with Gasteiger partial charge in [-0.1, -0.05) is 45.0 Å². The monoisotopic (exact) mass is 494 g/mol. The van der Waals surface area contributed by atoms with Gasteiger partial charge in [-0.3, -0.25) is 0 Å². The van der Waals surface area contributed by atoms with E-state index in [0.717, 1.165) is 28.0 Å². The molecule has 188 valence electrons. The number of hydrogen-bond acceptors (Lipinski definition) is 6. The van der Waals surface area contributed by atoms with Crippen LogP contribution in [0.1, 0.15) is 32.0 Å². The highest BCUT2D eigenvalue weighted by atomic mass is 16.5. The van der Waals surface area contributed by atoms with Gasteiger partial charge in [0.05, 0.1) is 42.2 Å². The van der Waals surface area contributed by atoms with Crippen LogP contribution in [0.5, 0.6) is 23.1 Å². The van der Waals surface area contributed by atoms with Crippen LogP contribution in [-0.2, 0) is 5.41 Å². The zero-order valence-corrected chi connectivity index (χ0v) is 21.9. The van der Waals surface area contributed by atoms with Gasteiger partial charge < -0.3 is 14.2 Å². The van der Waals surface area contributed by atoms with E-state index in [4.69, 9.17) is 19.3 Å². The Morgan fingerprint density at radius 3 is 2.30 bits per heavy atom. The standard InChI is InChI=1S/C30H30N4O3/c1-19-9-7-11-21(13-19)34-25(17-28(33-34)30(2,3)4)20-10-8-12-22(14-20)37-29-23-15-26(35-5)27(36-6)16-24(23)31-18-32-29/h7-18H,1-6H3. The summed E-state index contributed by atoms with van der Waals surface area (Å²) in [7, 11) is 3.20. The van der Waals surface area contributed by atoms with E-state index in [1.807, 2.05) is 35.0 Å². The second-order valence-corrected chi connectivity index (χ2v) is 9.95. The molecule has 2 heterocycles. The number of fused-ring (bicyclic) bond motifs is 1. The lowest BCUT2D eigenvalue weighted by atomic mass is 9.92. The molecular weight excluding hydrogens is 464 g/mol. The first-order valence-electron chi connectivity index (χ1n) is 12.1. The molecule has 0 radical (unpaired) electrons. The predicted molar refractivity (Wildman–Crippen MR) is 145 cm³/mol. The molecule has 0 N–H and O–H groups in total. The molecule has 37 heavy (non-hydrogen) atoms. The summed E-state index contributed by atoms with van der Waals surface area (Å²) in [5, 5.41) is 5.72. The maximum Gasteiger partial charge on any atom is 0.230 e. The zero-order chi connectivity index (χ0) is 26.2. The topological polar surface area (TPSA) is 71.3 Å². The minimum absolute atomic E-state index is 0.0993. The van der Waals surface area contributed by atoms with Crippen LogP contribution in [0.3, 0.4) is 0 Å². The highest BCUT2D eigenvalue weighted by molar-refractivity contribution is 5.87. The van der Waals surface area contributed by atoms with Gasteiger partial charge in [-0.2, -0.15) is 5.10 Å². The van der Waals surface area contributed by atoms with Crippen molar-refractivity contribution < 1.29 is 14.2 Å². The average Bonchev–Trinajstić information content (AvgIpc) is 3.35. The number of nitrogens with zero attached hydrogens (tertiary/aromatic N) is 4. The number of aromatic nitrogens is 4. The molecule has 5 rings (SSSR count). The van der Waals surface area contributed by atoms with Gasteiger partial charge in [0.2, 0.25) is 5.88 Å². The number of rotatable bonds is 6. The lowest BCUT2D eigenvalue weighted by molar-refractivity contribution is 0.355. The molecule has 0 aliphatic heterocycles. The zero-order valence-electron chi connectivity index (χ0n) is 21.9. The number of ether oxygens (including phenoxy) is 3. The van der Waals surface area contributed by atoms with Crippen molar-refractivity contribution in [1.82, 2.24) is 19.7 Å². The van der Waals surface area contributed by atoms with Crippen molar-refractivity contribution in [3.05, 3.63) is 84.3 Å². The van der Waals surface area contributed by atoms with E-state index in [9.17, 15) is 0 Å². The molecule has 0 bridgehead atoms. The van der Waals surface area contributed by atoms with E-state index in [2.05, 4.69) is 74.1 Å². The van der Waals surface area contributed by atoms with E-state index in [0.29, 0.717) is 28.6 Å². The maximum atomic E-state index is 6.29. The van der Waals surface area contributed by atoms with Crippen LogP contribution < -0.4 is 14.2 Å². The fourth-order valence-electron chi connectivity index (χ4n) is 4.18. The Kier molecular flexibility index (Phi) is 6.29. The van der Waals surface area contributed by atoms with Crippen molar-refractivity contribution in [2.24, 2.45) is 0 Å². The Morgan fingerprint density at radius 1 is 0.811 bits per heavy atom. The molecule has 0 amide bonds. The summed E-state index contributed by atoms with van der Waals surface area (Å²) >= 11 is 0. The summed E-state index contributed by atoms with van der Waals surface area (Å²) in [5.74, 6) is 2.27. The summed E-state index contributed by atoms with van der Waals surface area (Å²) in [6, 6.07) is 22.1. The van der Waals surface area contributed by atoms with Gasteiger partial charge in [0.25, 0.3) is 0 Å². The minimum atomic E-state index is -0.0993. The van der Waals surface area contributed by atoms with Crippen LogP contribution in [0.25, 0.3) is 27.8 Å². The van der Waals surface area contributed by atoms with Gasteiger partial charge in [0, 0.05) is 17.0 Å². The Morgan fingerprint density at radius 2 is 1.57 bits per heavy atom. The summed E-state index contributed by atoms with van der Waals surface area (Å²) in [6.07, 6.45) is 1.48. The van der Waals surface area contributed by atoms with Crippen LogP contribution in [0.4, 0.5) is 0 Å². The van der Waals surface area contributed by atoms with E-state index in [1.54, 1.807) is 14.2 Å². The third-order valence-corrected chi connectivity index (χ3v) is 6.17. The molecule has 0 unspecified atom stereocenters. The van der Waals surface area contributed by atoms with Crippen LogP contribution in [0, 0.1) is 6.92 Å². The van der Waals surface area contributed by atoms with Gasteiger partial charge in [-0.15, -0.1) is 0 Å². The first kappa shape index (κ1) is 24.3. The van der Waals surface area contributed by atoms with Gasteiger partial charge >= 0.3 is 0 Å². The second kappa shape index (κ2) is 9.58. The molecule has 7 heteroatoms. The molecule has 0 atom stereocenters. The molecule has 2 aromatic heterocycles. The van der Waals surface area contributed by atoms with Gasteiger partial charge in [0.15, 0.2) is 11.5 Å². The number of hydrogen-bond donors (Lipinski definition) is 0. The van der Waals surface area contributed by atoms with Crippen LogP contribution in [-0.4, -0.2) is 34.0 Å². The average molecular weight is 495 g/mol. The maximum absolute atomic E-state index is 6.29. The molecule has 3 aromatic carbocycles. The van der Waals surface area contributed by atoms with Crippen molar-refractivity contribution >= 4 is 10.9 Å². The summed E-state index contributed by atoms with van der Waals surface area (Å²) < 4.78 is 19.2.